The minimum Gasteiger partial charge on any atom is -0.323 e. The second kappa shape index (κ2) is 6.68. The first-order valence-corrected chi connectivity index (χ1v) is 8.99. The summed E-state index contributed by atoms with van der Waals surface area (Å²) in [5.74, 6) is 1.99. The Balaban J connectivity index is 1.70. The van der Waals surface area contributed by atoms with E-state index in [1.807, 2.05) is 46.3 Å². The molecule has 0 atom stereocenters. The van der Waals surface area contributed by atoms with E-state index in [0.29, 0.717) is 10.2 Å². The summed E-state index contributed by atoms with van der Waals surface area (Å²) >= 11 is 9.45. The predicted octanol–water partition coefficient (Wildman–Crippen LogP) is 4.04. The number of carbonyl (C=O) groups excluding carboxylic acids is 1. The molecule has 0 unspecified atom stereocenters. The van der Waals surface area contributed by atoms with Crippen molar-refractivity contribution in [3.63, 3.8) is 0 Å². The van der Waals surface area contributed by atoms with E-state index in [1.165, 1.54) is 11.3 Å². The third-order valence-electron chi connectivity index (χ3n) is 3.17. The molecule has 2 aromatic rings. The molecule has 0 bridgehead atoms. The zero-order chi connectivity index (χ0) is 14.7. The van der Waals surface area contributed by atoms with E-state index in [4.69, 9.17) is 11.6 Å². The van der Waals surface area contributed by atoms with E-state index >= 15 is 0 Å². The van der Waals surface area contributed by atoms with Gasteiger partial charge in [0.05, 0.1) is 5.69 Å². The number of benzene rings is 1. The van der Waals surface area contributed by atoms with Gasteiger partial charge >= 0.3 is 6.03 Å². The van der Waals surface area contributed by atoms with Crippen LogP contribution in [-0.4, -0.2) is 40.5 Å². The zero-order valence-electron chi connectivity index (χ0n) is 11.2. The minimum atomic E-state index is -0.0737. The van der Waals surface area contributed by atoms with E-state index < -0.39 is 0 Å². The lowest BCUT2D eigenvalue weighted by Crippen LogP contribution is -2.40. The van der Waals surface area contributed by atoms with Crippen molar-refractivity contribution in [1.29, 1.82) is 0 Å². The summed E-state index contributed by atoms with van der Waals surface area (Å²) in [6, 6.07) is 7.49. The number of rotatable bonds is 2. The highest BCUT2D eigenvalue weighted by atomic mass is 35.5. The molecule has 1 aromatic carbocycles. The van der Waals surface area contributed by atoms with Gasteiger partial charge in [-0.05, 0) is 6.07 Å². The first-order valence-electron chi connectivity index (χ1n) is 6.58. The summed E-state index contributed by atoms with van der Waals surface area (Å²) in [6.07, 6.45) is 0. The first kappa shape index (κ1) is 14.7. The highest BCUT2D eigenvalue weighted by Gasteiger charge is 2.18. The minimum absolute atomic E-state index is 0.0737. The predicted molar refractivity (Wildman–Crippen MR) is 90.5 cm³/mol. The van der Waals surface area contributed by atoms with Crippen LogP contribution in [0.4, 0.5) is 9.93 Å². The molecule has 1 fully saturated rings. The van der Waals surface area contributed by atoms with E-state index in [9.17, 15) is 4.79 Å². The molecule has 3 rings (SSSR count). The fraction of sp³-hybridized carbons (Fsp3) is 0.286. The molecular weight excluding hydrogens is 326 g/mol. The van der Waals surface area contributed by atoms with E-state index in [-0.39, 0.29) is 6.03 Å². The molecule has 2 heterocycles. The summed E-state index contributed by atoms with van der Waals surface area (Å²) in [4.78, 5) is 18.4. The molecule has 1 aliphatic rings. The molecule has 0 spiro atoms. The third-order valence-corrected chi connectivity index (χ3v) is 5.20. The van der Waals surface area contributed by atoms with Crippen LogP contribution in [0.2, 0.25) is 5.02 Å². The lowest BCUT2D eigenvalue weighted by atomic mass is 10.2. The largest absolute Gasteiger partial charge is 0.323 e. The molecule has 2 amide bonds. The summed E-state index contributed by atoms with van der Waals surface area (Å²) in [5.41, 5.74) is 1.67. The van der Waals surface area contributed by atoms with Crippen LogP contribution in [0.5, 0.6) is 0 Å². The summed E-state index contributed by atoms with van der Waals surface area (Å²) in [7, 11) is 0. The first-order chi connectivity index (χ1) is 10.2. The number of amides is 2. The Morgan fingerprint density at radius 2 is 2.05 bits per heavy atom. The normalized spacial score (nSPS) is 15.0. The number of thiazole rings is 1. The van der Waals surface area contributed by atoms with Gasteiger partial charge < -0.3 is 4.90 Å². The van der Waals surface area contributed by atoms with Crippen molar-refractivity contribution in [2.24, 2.45) is 0 Å². The number of nitrogens with zero attached hydrogens (tertiary/aromatic N) is 2. The lowest BCUT2D eigenvalue weighted by molar-refractivity contribution is 0.217. The smallest absolute Gasteiger partial charge is 0.323 e. The number of thioether (sulfide) groups is 1. The Bertz CT molecular complexity index is 641. The Morgan fingerprint density at radius 1 is 1.29 bits per heavy atom. The maximum atomic E-state index is 12.1. The van der Waals surface area contributed by atoms with Crippen LogP contribution >= 0.6 is 34.7 Å². The molecule has 0 saturated carbocycles. The number of nitrogens with one attached hydrogen (secondary N) is 1. The van der Waals surface area contributed by atoms with Gasteiger partial charge in [-0.15, -0.1) is 11.3 Å². The molecule has 1 aliphatic heterocycles. The highest BCUT2D eigenvalue weighted by Crippen LogP contribution is 2.30. The Labute approximate surface area is 136 Å². The van der Waals surface area contributed by atoms with Crippen molar-refractivity contribution in [3.8, 4) is 11.3 Å². The van der Waals surface area contributed by atoms with Crippen LogP contribution in [-0.2, 0) is 0 Å². The summed E-state index contributed by atoms with van der Waals surface area (Å²) in [5, 5.41) is 6.03. The Hall–Kier alpha value is -1.24. The highest BCUT2D eigenvalue weighted by molar-refractivity contribution is 7.99. The molecule has 1 saturated heterocycles. The molecule has 7 heteroatoms. The van der Waals surface area contributed by atoms with E-state index in [0.717, 1.165) is 35.9 Å². The van der Waals surface area contributed by atoms with Gasteiger partial charge in [-0.1, -0.05) is 29.8 Å². The molecule has 1 N–H and O–H groups in total. The fourth-order valence-corrected chi connectivity index (χ4v) is 3.90. The SMILES string of the molecule is O=C(Nc1nc(-c2ccccc2Cl)cs1)N1CCSCC1. The number of aromatic nitrogens is 1. The van der Waals surface area contributed by atoms with Crippen molar-refractivity contribution >= 4 is 45.9 Å². The third kappa shape index (κ3) is 3.51. The molecule has 4 nitrogen and oxygen atoms in total. The number of anilines is 1. The number of hydrogen-bond acceptors (Lipinski definition) is 4. The van der Waals surface area contributed by atoms with Gasteiger partial charge in [-0.2, -0.15) is 11.8 Å². The average Bonchev–Trinajstić information content (AvgIpc) is 2.97. The fourth-order valence-electron chi connectivity index (χ4n) is 2.06. The second-order valence-electron chi connectivity index (χ2n) is 4.55. The monoisotopic (exact) mass is 339 g/mol. The van der Waals surface area contributed by atoms with Crippen molar-refractivity contribution in [1.82, 2.24) is 9.88 Å². The van der Waals surface area contributed by atoms with Crippen LogP contribution in [0.3, 0.4) is 0 Å². The van der Waals surface area contributed by atoms with Crippen LogP contribution in [0.15, 0.2) is 29.6 Å². The molecule has 0 aliphatic carbocycles. The number of hydrogen-bond donors (Lipinski definition) is 1. The topological polar surface area (TPSA) is 45.2 Å². The second-order valence-corrected chi connectivity index (χ2v) is 7.04. The molecular formula is C14H14ClN3OS2. The Kier molecular flexibility index (Phi) is 4.67. The Morgan fingerprint density at radius 3 is 2.81 bits per heavy atom. The quantitative estimate of drug-likeness (QED) is 0.898. The van der Waals surface area contributed by atoms with Crippen molar-refractivity contribution in [2.45, 2.75) is 0 Å². The van der Waals surface area contributed by atoms with Gasteiger partial charge in [0.25, 0.3) is 0 Å². The maximum Gasteiger partial charge on any atom is 0.323 e. The van der Waals surface area contributed by atoms with Crippen LogP contribution in [0, 0.1) is 0 Å². The van der Waals surface area contributed by atoms with Gasteiger partial charge in [0.15, 0.2) is 5.13 Å². The number of urea groups is 1. The summed E-state index contributed by atoms with van der Waals surface area (Å²) in [6.45, 7) is 1.58. The van der Waals surface area contributed by atoms with Crippen LogP contribution < -0.4 is 5.32 Å². The van der Waals surface area contributed by atoms with E-state index in [1.54, 1.807) is 0 Å². The molecule has 21 heavy (non-hydrogen) atoms. The molecule has 110 valence electrons. The van der Waals surface area contributed by atoms with Gasteiger partial charge in [0, 0.05) is 40.6 Å². The van der Waals surface area contributed by atoms with E-state index in [2.05, 4.69) is 10.3 Å². The maximum absolute atomic E-state index is 12.1. The molecule has 1 aromatic heterocycles. The van der Waals surface area contributed by atoms with Gasteiger partial charge in [-0.25, -0.2) is 9.78 Å². The molecule has 0 radical (unpaired) electrons. The van der Waals surface area contributed by atoms with Gasteiger partial charge in [-0.3, -0.25) is 5.32 Å². The number of halogens is 1. The van der Waals surface area contributed by atoms with Crippen molar-refractivity contribution in [3.05, 3.63) is 34.7 Å². The standard InChI is InChI=1S/C14H14ClN3OS2/c15-11-4-2-1-3-10(11)12-9-21-13(16-12)17-14(19)18-5-7-20-8-6-18/h1-4,9H,5-8H2,(H,16,17,19). The zero-order valence-corrected chi connectivity index (χ0v) is 13.6. The van der Waals surface area contributed by atoms with Gasteiger partial charge in [0.2, 0.25) is 0 Å². The van der Waals surface area contributed by atoms with Crippen LogP contribution in [0.25, 0.3) is 11.3 Å². The average molecular weight is 340 g/mol. The van der Waals surface area contributed by atoms with Crippen molar-refractivity contribution < 1.29 is 4.79 Å². The summed E-state index contributed by atoms with van der Waals surface area (Å²) < 4.78 is 0. The van der Waals surface area contributed by atoms with Crippen molar-refractivity contribution in [2.75, 3.05) is 29.9 Å². The van der Waals surface area contributed by atoms with Gasteiger partial charge in [0.1, 0.15) is 0 Å². The lowest BCUT2D eigenvalue weighted by Gasteiger charge is -2.25. The number of carbonyl (C=O) groups is 1. The van der Waals surface area contributed by atoms with Crippen LogP contribution in [0.1, 0.15) is 0 Å².